The standard InChI is InChI=1S/C28H27N3O4/c1-35-24-12-10-21(11-13-24)17-30-26-19-29(27(33)22-8-5-9-23(32)16-22)15-14-25(26)28(34)31(30)18-20-6-3-2-4-7-20/h2-13,16,32H,14-15,17-19H2,1H3. The number of rotatable bonds is 6. The molecule has 0 bridgehead atoms. The molecule has 0 saturated heterocycles. The number of benzene rings is 3. The first-order valence-corrected chi connectivity index (χ1v) is 11.6. The van der Waals surface area contributed by atoms with Gasteiger partial charge in [-0.25, -0.2) is 4.68 Å². The maximum atomic E-state index is 13.5. The first-order chi connectivity index (χ1) is 17.0. The third-order valence-electron chi connectivity index (χ3n) is 6.46. The summed E-state index contributed by atoms with van der Waals surface area (Å²) in [6.07, 6.45) is 0.489. The van der Waals surface area contributed by atoms with Gasteiger partial charge in [-0.05, 0) is 47.9 Å². The number of carbonyl (C=O) groups excluding carboxylic acids is 1. The van der Waals surface area contributed by atoms with E-state index in [-0.39, 0.29) is 17.2 Å². The third-order valence-corrected chi connectivity index (χ3v) is 6.46. The molecule has 0 fully saturated rings. The first-order valence-electron chi connectivity index (χ1n) is 11.6. The molecule has 1 aliphatic rings. The zero-order valence-corrected chi connectivity index (χ0v) is 19.6. The molecule has 0 unspecified atom stereocenters. The van der Waals surface area contributed by atoms with E-state index in [4.69, 9.17) is 4.74 Å². The Labute approximate surface area is 203 Å². The number of aromatic hydroxyl groups is 1. The number of phenolic OH excluding ortho intramolecular Hbond substituents is 1. The Morgan fingerprint density at radius 2 is 1.63 bits per heavy atom. The van der Waals surface area contributed by atoms with Gasteiger partial charge in [-0.2, -0.15) is 0 Å². The van der Waals surface area contributed by atoms with Gasteiger partial charge in [0.2, 0.25) is 0 Å². The zero-order chi connectivity index (χ0) is 24.4. The number of ether oxygens (including phenoxy) is 1. The molecular formula is C28H27N3O4. The predicted molar refractivity (Wildman–Crippen MR) is 133 cm³/mol. The lowest BCUT2D eigenvalue weighted by molar-refractivity contribution is 0.0729. The summed E-state index contributed by atoms with van der Waals surface area (Å²) < 4.78 is 9.08. The molecule has 1 amide bonds. The van der Waals surface area contributed by atoms with E-state index in [1.165, 1.54) is 6.07 Å². The van der Waals surface area contributed by atoms with Crippen LogP contribution in [-0.4, -0.2) is 38.9 Å². The minimum Gasteiger partial charge on any atom is -0.508 e. The maximum absolute atomic E-state index is 13.5. The van der Waals surface area contributed by atoms with E-state index < -0.39 is 0 Å². The maximum Gasteiger partial charge on any atom is 0.270 e. The van der Waals surface area contributed by atoms with Crippen molar-refractivity contribution in [3.63, 3.8) is 0 Å². The molecule has 1 N–H and O–H groups in total. The van der Waals surface area contributed by atoms with Crippen molar-refractivity contribution in [2.24, 2.45) is 0 Å². The summed E-state index contributed by atoms with van der Waals surface area (Å²) in [6, 6.07) is 24.1. The van der Waals surface area contributed by atoms with Gasteiger partial charge in [-0.1, -0.05) is 48.5 Å². The highest BCUT2D eigenvalue weighted by Gasteiger charge is 2.29. The van der Waals surface area contributed by atoms with Gasteiger partial charge in [0.15, 0.2) is 0 Å². The number of carbonyl (C=O) groups is 1. The molecule has 178 valence electrons. The van der Waals surface area contributed by atoms with Gasteiger partial charge in [0.1, 0.15) is 11.5 Å². The number of methoxy groups -OCH3 is 1. The van der Waals surface area contributed by atoms with Crippen molar-refractivity contribution < 1.29 is 14.6 Å². The van der Waals surface area contributed by atoms with Crippen LogP contribution in [0.4, 0.5) is 0 Å². The van der Waals surface area contributed by atoms with Crippen LogP contribution in [0.2, 0.25) is 0 Å². The Morgan fingerprint density at radius 1 is 0.914 bits per heavy atom. The van der Waals surface area contributed by atoms with E-state index in [0.29, 0.717) is 38.2 Å². The Morgan fingerprint density at radius 3 is 2.34 bits per heavy atom. The smallest absolute Gasteiger partial charge is 0.270 e. The number of aromatic nitrogens is 2. The largest absolute Gasteiger partial charge is 0.508 e. The Kier molecular flexibility index (Phi) is 6.14. The Balaban J connectivity index is 1.53. The zero-order valence-electron chi connectivity index (χ0n) is 19.6. The van der Waals surface area contributed by atoms with Gasteiger partial charge < -0.3 is 14.7 Å². The lowest BCUT2D eigenvalue weighted by Crippen LogP contribution is -2.37. The fourth-order valence-electron chi connectivity index (χ4n) is 4.62. The molecule has 5 rings (SSSR count). The van der Waals surface area contributed by atoms with Gasteiger partial charge in [-0.3, -0.25) is 14.3 Å². The van der Waals surface area contributed by atoms with Crippen molar-refractivity contribution in [1.82, 2.24) is 14.3 Å². The van der Waals surface area contributed by atoms with Crippen LogP contribution < -0.4 is 10.3 Å². The van der Waals surface area contributed by atoms with E-state index in [2.05, 4.69) is 0 Å². The van der Waals surface area contributed by atoms with Gasteiger partial charge in [0.05, 0.1) is 32.4 Å². The second kappa shape index (κ2) is 9.54. The SMILES string of the molecule is COc1ccc(Cn2c3c(c(=O)n2Cc2ccccc2)CCN(C(=O)c2cccc(O)c2)C3)cc1. The third kappa shape index (κ3) is 4.57. The van der Waals surface area contributed by atoms with Crippen LogP contribution in [0.3, 0.4) is 0 Å². The van der Waals surface area contributed by atoms with Crippen LogP contribution >= 0.6 is 0 Å². The van der Waals surface area contributed by atoms with Crippen LogP contribution in [-0.2, 0) is 26.1 Å². The quantitative estimate of drug-likeness (QED) is 0.468. The molecule has 7 heteroatoms. The summed E-state index contributed by atoms with van der Waals surface area (Å²) in [5.41, 5.74) is 4.09. The van der Waals surface area contributed by atoms with Gasteiger partial charge >= 0.3 is 0 Å². The number of fused-ring (bicyclic) bond motifs is 1. The molecule has 3 aromatic carbocycles. The molecule has 1 aromatic heterocycles. The van der Waals surface area contributed by atoms with E-state index >= 15 is 0 Å². The minimum absolute atomic E-state index is 0.0122. The molecule has 7 nitrogen and oxygen atoms in total. The fourth-order valence-corrected chi connectivity index (χ4v) is 4.62. The lowest BCUT2D eigenvalue weighted by Gasteiger charge is -2.28. The van der Waals surface area contributed by atoms with E-state index in [1.807, 2.05) is 59.3 Å². The molecule has 2 heterocycles. The van der Waals surface area contributed by atoms with Crippen LogP contribution in [0.1, 0.15) is 32.7 Å². The van der Waals surface area contributed by atoms with E-state index in [1.54, 1.807) is 34.9 Å². The number of amides is 1. The number of nitrogens with zero attached hydrogens (tertiary/aromatic N) is 3. The molecule has 0 atom stereocenters. The normalized spacial score (nSPS) is 12.9. The van der Waals surface area contributed by atoms with Crippen LogP contribution in [0.25, 0.3) is 0 Å². The average Bonchev–Trinajstić information content (AvgIpc) is 3.14. The molecular weight excluding hydrogens is 442 g/mol. The average molecular weight is 470 g/mol. The van der Waals surface area contributed by atoms with E-state index in [9.17, 15) is 14.7 Å². The molecule has 4 aromatic rings. The number of hydrogen-bond acceptors (Lipinski definition) is 4. The van der Waals surface area contributed by atoms with Gasteiger partial charge in [0, 0.05) is 17.7 Å². The minimum atomic E-state index is -0.161. The summed E-state index contributed by atoms with van der Waals surface area (Å²) in [6.45, 7) is 1.73. The molecule has 0 radical (unpaired) electrons. The summed E-state index contributed by atoms with van der Waals surface area (Å²) in [4.78, 5) is 28.4. The molecule has 0 spiro atoms. The second-order valence-corrected chi connectivity index (χ2v) is 8.71. The van der Waals surface area contributed by atoms with Crippen LogP contribution in [0, 0.1) is 0 Å². The molecule has 35 heavy (non-hydrogen) atoms. The highest BCUT2D eigenvalue weighted by Crippen LogP contribution is 2.23. The highest BCUT2D eigenvalue weighted by molar-refractivity contribution is 5.94. The summed E-state index contributed by atoms with van der Waals surface area (Å²) in [5, 5.41) is 9.82. The van der Waals surface area contributed by atoms with E-state index in [0.717, 1.165) is 28.1 Å². The van der Waals surface area contributed by atoms with Crippen molar-refractivity contribution in [3.8, 4) is 11.5 Å². The second-order valence-electron chi connectivity index (χ2n) is 8.71. The lowest BCUT2D eigenvalue weighted by atomic mass is 10.1. The monoisotopic (exact) mass is 469 g/mol. The molecule has 0 saturated carbocycles. The van der Waals surface area contributed by atoms with Gasteiger partial charge in [0.25, 0.3) is 11.5 Å². The molecule has 1 aliphatic heterocycles. The Hall–Kier alpha value is -4.26. The summed E-state index contributed by atoms with van der Waals surface area (Å²) in [7, 11) is 1.63. The highest BCUT2D eigenvalue weighted by atomic mass is 16.5. The molecule has 0 aliphatic carbocycles. The van der Waals surface area contributed by atoms with Gasteiger partial charge in [-0.15, -0.1) is 0 Å². The van der Waals surface area contributed by atoms with Crippen LogP contribution in [0.15, 0.2) is 83.7 Å². The van der Waals surface area contributed by atoms with Crippen molar-refractivity contribution in [2.45, 2.75) is 26.1 Å². The first kappa shape index (κ1) is 22.5. The van der Waals surface area contributed by atoms with Crippen molar-refractivity contribution in [3.05, 3.63) is 117 Å². The fraction of sp³-hybridized carbons (Fsp3) is 0.214. The topological polar surface area (TPSA) is 76.7 Å². The number of phenols is 1. The van der Waals surface area contributed by atoms with Crippen molar-refractivity contribution in [1.29, 1.82) is 0 Å². The number of hydrogen-bond donors (Lipinski definition) is 1. The van der Waals surface area contributed by atoms with Crippen molar-refractivity contribution in [2.75, 3.05) is 13.7 Å². The Bertz CT molecular complexity index is 1400. The predicted octanol–water partition coefficient (Wildman–Crippen LogP) is 3.66. The summed E-state index contributed by atoms with van der Waals surface area (Å²) in [5.74, 6) is 0.664. The summed E-state index contributed by atoms with van der Waals surface area (Å²) >= 11 is 0. The van der Waals surface area contributed by atoms with Crippen molar-refractivity contribution >= 4 is 5.91 Å². The van der Waals surface area contributed by atoms with Crippen LogP contribution in [0.5, 0.6) is 11.5 Å².